The summed E-state index contributed by atoms with van der Waals surface area (Å²) in [6.07, 6.45) is 2.54. The highest BCUT2D eigenvalue weighted by molar-refractivity contribution is 4.71. The van der Waals surface area contributed by atoms with Gasteiger partial charge in [0.1, 0.15) is 0 Å². The van der Waals surface area contributed by atoms with Crippen LogP contribution >= 0.6 is 0 Å². The quantitative estimate of drug-likeness (QED) is 0.670. The first-order chi connectivity index (χ1) is 7.64. The van der Waals surface area contributed by atoms with Gasteiger partial charge in [-0.1, -0.05) is 20.8 Å². The largest absolute Gasteiger partial charge is 0.315 e. The zero-order valence-corrected chi connectivity index (χ0v) is 11.3. The lowest BCUT2D eigenvalue weighted by atomic mass is 9.90. The van der Waals surface area contributed by atoms with E-state index in [2.05, 4.69) is 36.3 Å². The molecular weight excluding hydrogens is 198 g/mol. The van der Waals surface area contributed by atoms with Crippen molar-refractivity contribution in [2.24, 2.45) is 5.41 Å². The van der Waals surface area contributed by atoms with Gasteiger partial charge in [0.2, 0.25) is 0 Å². The van der Waals surface area contributed by atoms with E-state index in [0.717, 1.165) is 19.6 Å². The van der Waals surface area contributed by atoms with Gasteiger partial charge in [0.05, 0.1) is 0 Å². The molecule has 1 aliphatic heterocycles. The standard InChI is InChI=1S/C13H29N3/c1-4-13(2,3)12-15-8-11-16-9-5-6-14-7-10-16/h14-15H,4-12H2,1-3H3. The van der Waals surface area contributed by atoms with Crippen LogP contribution in [0.2, 0.25) is 0 Å². The molecule has 1 fully saturated rings. The molecule has 1 rings (SSSR count). The normalized spacial score (nSPS) is 19.7. The van der Waals surface area contributed by atoms with Gasteiger partial charge in [-0.05, 0) is 31.3 Å². The Labute approximate surface area is 101 Å². The van der Waals surface area contributed by atoms with Crippen molar-refractivity contribution in [1.82, 2.24) is 15.5 Å². The van der Waals surface area contributed by atoms with E-state index in [9.17, 15) is 0 Å². The summed E-state index contributed by atoms with van der Waals surface area (Å²) in [6.45, 7) is 15.2. The summed E-state index contributed by atoms with van der Waals surface area (Å²) >= 11 is 0. The highest BCUT2D eigenvalue weighted by atomic mass is 15.2. The first kappa shape index (κ1) is 13.9. The third-order valence-corrected chi connectivity index (χ3v) is 3.60. The molecule has 1 saturated heterocycles. The first-order valence-corrected chi connectivity index (χ1v) is 6.78. The van der Waals surface area contributed by atoms with Crippen molar-refractivity contribution in [2.45, 2.75) is 33.6 Å². The van der Waals surface area contributed by atoms with Crippen molar-refractivity contribution in [2.75, 3.05) is 45.8 Å². The molecule has 0 unspecified atom stereocenters. The van der Waals surface area contributed by atoms with Crippen LogP contribution in [0, 0.1) is 5.41 Å². The Morgan fingerprint density at radius 1 is 1.25 bits per heavy atom. The van der Waals surface area contributed by atoms with Crippen LogP contribution in [-0.2, 0) is 0 Å². The van der Waals surface area contributed by atoms with Crippen LogP contribution in [0.3, 0.4) is 0 Å². The first-order valence-electron chi connectivity index (χ1n) is 6.78. The van der Waals surface area contributed by atoms with Gasteiger partial charge in [-0.15, -0.1) is 0 Å². The highest BCUT2D eigenvalue weighted by Gasteiger charge is 2.14. The van der Waals surface area contributed by atoms with Crippen LogP contribution in [0.4, 0.5) is 0 Å². The third-order valence-electron chi connectivity index (χ3n) is 3.60. The summed E-state index contributed by atoms with van der Waals surface area (Å²) in [5.41, 5.74) is 0.445. The molecule has 0 aromatic heterocycles. The van der Waals surface area contributed by atoms with Gasteiger partial charge in [-0.3, -0.25) is 0 Å². The lowest BCUT2D eigenvalue weighted by Gasteiger charge is -2.25. The number of rotatable bonds is 6. The molecule has 3 nitrogen and oxygen atoms in total. The summed E-state index contributed by atoms with van der Waals surface area (Å²) in [4.78, 5) is 2.56. The van der Waals surface area contributed by atoms with Crippen LogP contribution in [0.25, 0.3) is 0 Å². The molecule has 2 N–H and O–H groups in total. The molecule has 96 valence electrons. The van der Waals surface area contributed by atoms with E-state index in [4.69, 9.17) is 0 Å². The number of nitrogens with zero attached hydrogens (tertiary/aromatic N) is 1. The summed E-state index contributed by atoms with van der Waals surface area (Å²) in [6, 6.07) is 0. The molecule has 0 bridgehead atoms. The van der Waals surface area contributed by atoms with E-state index < -0.39 is 0 Å². The van der Waals surface area contributed by atoms with Gasteiger partial charge in [-0.25, -0.2) is 0 Å². The number of hydrogen-bond acceptors (Lipinski definition) is 3. The van der Waals surface area contributed by atoms with Crippen LogP contribution in [0.15, 0.2) is 0 Å². The fourth-order valence-corrected chi connectivity index (χ4v) is 1.91. The van der Waals surface area contributed by atoms with Crippen molar-refractivity contribution in [3.63, 3.8) is 0 Å². The summed E-state index contributed by atoms with van der Waals surface area (Å²) in [7, 11) is 0. The predicted octanol–water partition coefficient (Wildman–Crippen LogP) is 1.31. The predicted molar refractivity (Wildman–Crippen MR) is 70.9 cm³/mol. The Morgan fingerprint density at radius 2 is 2.06 bits per heavy atom. The van der Waals surface area contributed by atoms with Crippen molar-refractivity contribution < 1.29 is 0 Å². The molecule has 0 aromatic rings. The van der Waals surface area contributed by atoms with Gasteiger partial charge in [0, 0.05) is 32.7 Å². The Hall–Kier alpha value is -0.120. The topological polar surface area (TPSA) is 27.3 Å². The zero-order chi connectivity index (χ0) is 11.9. The van der Waals surface area contributed by atoms with E-state index in [0.29, 0.717) is 5.41 Å². The molecule has 0 radical (unpaired) electrons. The van der Waals surface area contributed by atoms with Gasteiger partial charge < -0.3 is 15.5 Å². The molecule has 0 aromatic carbocycles. The van der Waals surface area contributed by atoms with Crippen LogP contribution in [0.5, 0.6) is 0 Å². The maximum atomic E-state index is 3.58. The minimum Gasteiger partial charge on any atom is -0.315 e. The van der Waals surface area contributed by atoms with Crippen molar-refractivity contribution >= 4 is 0 Å². The average molecular weight is 227 g/mol. The van der Waals surface area contributed by atoms with Crippen LogP contribution in [0.1, 0.15) is 33.6 Å². The molecule has 0 aliphatic carbocycles. The zero-order valence-electron chi connectivity index (χ0n) is 11.3. The second-order valence-electron chi connectivity index (χ2n) is 5.64. The number of hydrogen-bond donors (Lipinski definition) is 2. The van der Waals surface area contributed by atoms with Gasteiger partial charge in [0.25, 0.3) is 0 Å². The molecule has 16 heavy (non-hydrogen) atoms. The highest BCUT2D eigenvalue weighted by Crippen LogP contribution is 2.17. The number of nitrogens with one attached hydrogen (secondary N) is 2. The lowest BCUT2D eigenvalue weighted by Crippen LogP contribution is -2.37. The third kappa shape index (κ3) is 5.83. The summed E-state index contributed by atoms with van der Waals surface area (Å²) in [5, 5.41) is 7.02. The van der Waals surface area contributed by atoms with Crippen LogP contribution < -0.4 is 10.6 Å². The Morgan fingerprint density at radius 3 is 2.81 bits per heavy atom. The van der Waals surface area contributed by atoms with Crippen LogP contribution in [-0.4, -0.2) is 50.7 Å². The van der Waals surface area contributed by atoms with E-state index >= 15 is 0 Å². The summed E-state index contributed by atoms with van der Waals surface area (Å²) < 4.78 is 0. The van der Waals surface area contributed by atoms with Crippen molar-refractivity contribution in [3.8, 4) is 0 Å². The second-order valence-corrected chi connectivity index (χ2v) is 5.64. The second kappa shape index (κ2) is 7.25. The molecule has 0 amide bonds. The molecule has 0 saturated carbocycles. The Balaban J connectivity index is 2.05. The fraction of sp³-hybridized carbons (Fsp3) is 1.00. The molecule has 3 heteroatoms. The maximum Gasteiger partial charge on any atom is 0.0107 e. The minimum atomic E-state index is 0.445. The molecule has 1 heterocycles. The fourth-order valence-electron chi connectivity index (χ4n) is 1.91. The van der Waals surface area contributed by atoms with Gasteiger partial charge in [0.15, 0.2) is 0 Å². The van der Waals surface area contributed by atoms with Crippen molar-refractivity contribution in [3.05, 3.63) is 0 Å². The lowest BCUT2D eigenvalue weighted by molar-refractivity contribution is 0.274. The molecular formula is C13H29N3. The van der Waals surface area contributed by atoms with E-state index in [1.807, 2.05) is 0 Å². The molecule has 0 spiro atoms. The van der Waals surface area contributed by atoms with Crippen molar-refractivity contribution in [1.29, 1.82) is 0 Å². The molecule has 0 atom stereocenters. The maximum absolute atomic E-state index is 3.58. The van der Waals surface area contributed by atoms with E-state index in [1.54, 1.807) is 0 Å². The smallest absolute Gasteiger partial charge is 0.0107 e. The van der Waals surface area contributed by atoms with Gasteiger partial charge in [-0.2, -0.15) is 0 Å². The Bertz CT molecular complexity index is 172. The average Bonchev–Trinajstić information content (AvgIpc) is 2.53. The SMILES string of the molecule is CCC(C)(C)CNCCN1CCCNCC1. The molecule has 1 aliphatic rings. The minimum absolute atomic E-state index is 0.445. The van der Waals surface area contributed by atoms with Gasteiger partial charge >= 0.3 is 0 Å². The monoisotopic (exact) mass is 227 g/mol. The Kier molecular flexibility index (Phi) is 6.32. The van der Waals surface area contributed by atoms with E-state index in [1.165, 1.54) is 39.0 Å². The summed E-state index contributed by atoms with van der Waals surface area (Å²) in [5.74, 6) is 0. The van der Waals surface area contributed by atoms with E-state index in [-0.39, 0.29) is 0 Å².